The zero-order valence-corrected chi connectivity index (χ0v) is 16.4. The number of hydrogen-bond acceptors (Lipinski definition) is 4. The van der Waals surface area contributed by atoms with Gasteiger partial charge in [0.15, 0.2) is 6.73 Å². The van der Waals surface area contributed by atoms with Crippen molar-refractivity contribution in [1.29, 1.82) is 0 Å². The van der Waals surface area contributed by atoms with Gasteiger partial charge in [0.25, 0.3) is 5.91 Å². The second kappa shape index (κ2) is 7.15. The Labute approximate surface area is 161 Å². The molecule has 2 aromatic rings. The molecule has 1 N–H and O–H groups in total. The molecule has 1 aliphatic rings. The lowest BCUT2D eigenvalue weighted by Crippen LogP contribution is -2.57. The van der Waals surface area contributed by atoms with Crippen LogP contribution in [0.1, 0.15) is 31.2 Å². The summed E-state index contributed by atoms with van der Waals surface area (Å²) in [6, 6.07) is 8.17. The average molecular weight is 388 g/mol. The zero-order chi connectivity index (χ0) is 19.8. The Bertz CT molecular complexity index is 919. The molecule has 0 atom stereocenters. The maximum Gasteiger partial charge on any atom is 0.262 e. The van der Waals surface area contributed by atoms with Crippen LogP contribution in [0.15, 0.2) is 41.5 Å². The van der Waals surface area contributed by atoms with Crippen LogP contribution in [0.5, 0.6) is 0 Å². The topological polar surface area (TPSA) is 58.6 Å². The number of benzene rings is 1. The maximum absolute atomic E-state index is 14.0. The summed E-state index contributed by atoms with van der Waals surface area (Å²) in [5.74, 6) is -0.777. The maximum atomic E-state index is 14.0. The molecule has 0 saturated carbocycles. The van der Waals surface area contributed by atoms with E-state index in [9.17, 15) is 14.0 Å². The molecule has 2 amide bonds. The molecule has 2 heterocycles. The van der Waals surface area contributed by atoms with Gasteiger partial charge in [-0.15, -0.1) is 11.3 Å². The number of allylic oxidation sites excluding steroid dienone is 1. The van der Waals surface area contributed by atoms with E-state index in [2.05, 4.69) is 5.32 Å². The van der Waals surface area contributed by atoms with Gasteiger partial charge in [-0.25, -0.2) is 4.39 Å². The number of carbonyl (C=O) groups excluding carboxylic acids is 2. The van der Waals surface area contributed by atoms with Gasteiger partial charge in [0.2, 0.25) is 5.91 Å². The predicted molar refractivity (Wildman–Crippen MR) is 104 cm³/mol. The minimum absolute atomic E-state index is 0.0454. The summed E-state index contributed by atoms with van der Waals surface area (Å²) in [6.45, 7) is 6.73. The Morgan fingerprint density at radius 2 is 2.04 bits per heavy atom. The van der Waals surface area contributed by atoms with Crippen LogP contribution in [0.25, 0.3) is 5.57 Å². The van der Waals surface area contributed by atoms with Crippen molar-refractivity contribution in [3.05, 3.63) is 57.7 Å². The third kappa shape index (κ3) is 3.60. The van der Waals surface area contributed by atoms with Crippen LogP contribution in [-0.4, -0.2) is 29.0 Å². The highest BCUT2D eigenvalue weighted by molar-refractivity contribution is 7.11. The number of thiophene rings is 1. The minimum Gasteiger partial charge on any atom is -0.477 e. The van der Waals surface area contributed by atoms with Crippen LogP contribution in [-0.2, 0) is 14.3 Å². The van der Waals surface area contributed by atoms with Crippen molar-refractivity contribution in [3.8, 4) is 0 Å². The molecule has 0 saturated heterocycles. The smallest absolute Gasteiger partial charge is 0.262 e. The number of rotatable bonds is 4. The molecule has 0 spiro atoms. The molecule has 7 heteroatoms. The summed E-state index contributed by atoms with van der Waals surface area (Å²) in [6.07, 6.45) is 0. The van der Waals surface area contributed by atoms with Crippen LogP contribution in [0.2, 0.25) is 0 Å². The fourth-order valence-corrected chi connectivity index (χ4v) is 3.64. The number of aryl methyl sites for hydroxylation is 1. The molecule has 0 fully saturated rings. The third-order valence-corrected chi connectivity index (χ3v) is 5.48. The summed E-state index contributed by atoms with van der Waals surface area (Å²) in [5, 5.41) is 4.47. The number of ether oxygens (including phenoxy) is 1. The van der Waals surface area contributed by atoms with Crippen molar-refractivity contribution >= 4 is 34.4 Å². The Kier molecular flexibility index (Phi) is 5.06. The summed E-state index contributed by atoms with van der Waals surface area (Å²) in [4.78, 5) is 28.1. The van der Waals surface area contributed by atoms with E-state index >= 15 is 0 Å². The molecular formula is C20H21FN2O3S. The average Bonchev–Trinajstić information content (AvgIpc) is 3.12. The molecule has 0 radical (unpaired) electrons. The molecule has 0 bridgehead atoms. The largest absolute Gasteiger partial charge is 0.477 e. The van der Waals surface area contributed by atoms with E-state index in [0.29, 0.717) is 11.3 Å². The normalized spacial score (nSPS) is 15.0. The van der Waals surface area contributed by atoms with Crippen molar-refractivity contribution in [2.75, 3.05) is 12.0 Å². The van der Waals surface area contributed by atoms with Gasteiger partial charge in [0, 0.05) is 4.88 Å². The molecule has 3 rings (SSSR count). The minimum atomic E-state index is -1.24. The Hall–Kier alpha value is -2.67. The third-order valence-electron chi connectivity index (χ3n) is 4.59. The molecule has 27 heavy (non-hydrogen) atoms. The van der Waals surface area contributed by atoms with E-state index in [4.69, 9.17) is 4.74 Å². The van der Waals surface area contributed by atoms with E-state index in [0.717, 1.165) is 10.4 Å². The van der Waals surface area contributed by atoms with Gasteiger partial charge in [-0.3, -0.25) is 14.5 Å². The van der Waals surface area contributed by atoms with Gasteiger partial charge in [-0.1, -0.05) is 12.1 Å². The molecular weight excluding hydrogens is 367 g/mol. The van der Waals surface area contributed by atoms with Crippen LogP contribution < -0.4 is 5.32 Å². The summed E-state index contributed by atoms with van der Waals surface area (Å²) in [7, 11) is 0. The fourth-order valence-electron chi connectivity index (χ4n) is 2.83. The quantitative estimate of drug-likeness (QED) is 0.856. The number of nitrogens with zero attached hydrogens (tertiary/aromatic N) is 1. The van der Waals surface area contributed by atoms with Crippen molar-refractivity contribution < 1.29 is 18.7 Å². The van der Waals surface area contributed by atoms with Crippen LogP contribution in [0.3, 0.4) is 0 Å². The number of halogens is 1. The molecule has 1 aliphatic heterocycles. The lowest BCUT2D eigenvalue weighted by molar-refractivity contribution is -0.147. The van der Waals surface area contributed by atoms with E-state index in [1.807, 2.05) is 24.4 Å². The van der Waals surface area contributed by atoms with E-state index < -0.39 is 17.3 Å². The number of anilines is 1. The first-order chi connectivity index (χ1) is 12.7. The Morgan fingerprint density at radius 3 is 2.70 bits per heavy atom. The van der Waals surface area contributed by atoms with Gasteiger partial charge in [-0.2, -0.15) is 0 Å². The summed E-state index contributed by atoms with van der Waals surface area (Å²) >= 11 is 1.43. The van der Waals surface area contributed by atoms with E-state index in [1.165, 1.54) is 22.3 Å². The lowest BCUT2D eigenvalue weighted by Gasteiger charge is -2.40. The van der Waals surface area contributed by atoms with E-state index in [-0.39, 0.29) is 18.3 Å². The van der Waals surface area contributed by atoms with Gasteiger partial charge >= 0.3 is 0 Å². The van der Waals surface area contributed by atoms with Gasteiger partial charge in [0.1, 0.15) is 17.1 Å². The molecule has 1 aromatic heterocycles. The molecule has 142 valence electrons. The first-order valence-electron chi connectivity index (χ1n) is 8.49. The molecule has 1 aromatic carbocycles. The lowest BCUT2D eigenvalue weighted by atomic mass is 9.98. The van der Waals surface area contributed by atoms with Gasteiger partial charge in [0.05, 0.1) is 11.3 Å². The van der Waals surface area contributed by atoms with Gasteiger partial charge < -0.3 is 10.1 Å². The number of nitrogens with one attached hydrogen (secondary N) is 1. The molecule has 5 nitrogen and oxygen atoms in total. The number of amides is 2. The highest BCUT2D eigenvalue weighted by Gasteiger charge is 2.42. The number of hydrogen-bond donors (Lipinski definition) is 1. The second-order valence-electron chi connectivity index (χ2n) is 6.91. The zero-order valence-electron chi connectivity index (χ0n) is 15.6. The van der Waals surface area contributed by atoms with Gasteiger partial charge in [-0.05, 0) is 56.8 Å². The van der Waals surface area contributed by atoms with Crippen molar-refractivity contribution in [1.82, 2.24) is 4.90 Å². The fraction of sp³-hybridized carbons (Fsp3) is 0.300. The standard InChI is InChI=1S/C20H21FN2O3S/c1-12-7-8-14(21)15(10-12)22-19(25)20(3,4)23-11-26-13(2)17(18(23)24)16-6-5-9-27-16/h5-10H,11H2,1-4H3,(H,22,25). The van der Waals surface area contributed by atoms with Crippen LogP contribution in [0.4, 0.5) is 10.1 Å². The Balaban J connectivity index is 1.87. The van der Waals surface area contributed by atoms with Crippen LogP contribution >= 0.6 is 11.3 Å². The monoisotopic (exact) mass is 388 g/mol. The molecule has 0 unspecified atom stereocenters. The Morgan fingerprint density at radius 1 is 1.30 bits per heavy atom. The predicted octanol–water partition coefficient (Wildman–Crippen LogP) is 4.16. The summed E-state index contributed by atoms with van der Waals surface area (Å²) in [5.41, 5.74) is 0.110. The van der Waals surface area contributed by atoms with Crippen molar-refractivity contribution in [3.63, 3.8) is 0 Å². The van der Waals surface area contributed by atoms with Crippen molar-refractivity contribution in [2.45, 2.75) is 33.2 Å². The second-order valence-corrected chi connectivity index (χ2v) is 7.86. The number of carbonyl (C=O) groups is 2. The van der Waals surface area contributed by atoms with E-state index in [1.54, 1.807) is 32.9 Å². The first-order valence-corrected chi connectivity index (χ1v) is 9.37. The highest BCUT2D eigenvalue weighted by Crippen LogP contribution is 2.33. The van der Waals surface area contributed by atoms with Crippen LogP contribution in [0, 0.1) is 12.7 Å². The molecule has 0 aliphatic carbocycles. The highest BCUT2D eigenvalue weighted by atomic mass is 32.1. The first kappa shape index (κ1) is 19.1. The van der Waals surface area contributed by atoms with Crippen molar-refractivity contribution in [2.24, 2.45) is 0 Å². The summed E-state index contributed by atoms with van der Waals surface area (Å²) < 4.78 is 19.7. The SMILES string of the molecule is CC1=C(c2cccs2)C(=O)N(C(C)(C)C(=O)Nc2cc(C)ccc2F)CO1.